The first-order chi connectivity index (χ1) is 8.78. The van der Waals surface area contributed by atoms with Crippen molar-refractivity contribution in [3.05, 3.63) is 35.4 Å². The average Bonchev–Trinajstić information content (AvgIpc) is 2.66. The molecule has 104 valence electrons. The molecule has 7 heteroatoms. The number of sulfone groups is 1. The number of hydrogen-bond acceptors (Lipinski definition) is 3. The lowest BCUT2D eigenvalue weighted by Crippen LogP contribution is -2.37. The molecule has 1 aliphatic rings. The van der Waals surface area contributed by atoms with Gasteiger partial charge >= 0.3 is 0 Å². The van der Waals surface area contributed by atoms with Crippen molar-refractivity contribution >= 4 is 15.7 Å². The van der Waals surface area contributed by atoms with Crippen LogP contribution in [-0.2, 0) is 9.84 Å². The number of amides is 1. The van der Waals surface area contributed by atoms with Crippen LogP contribution < -0.4 is 0 Å². The number of hydrogen-bond donors (Lipinski definition) is 0. The maximum Gasteiger partial charge on any atom is 0.254 e. The molecule has 2 rings (SSSR count). The van der Waals surface area contributed by atoms with E-state index in [1.165, 1.54) is 11.9 Å². The van der Waals surface area contributed by atoms with Crippen LogP contribution in [0.1, 0.15) is 16.8 Å². The maximum absolute atomic E-state index is 13.0. The highest BCUT2D eigenvalue weighted by molar-refractivity contribution is 7.91. The molecule has 0 N–H and O–H groups in total. The summed E-state index contributed by atoms with van der Waals surface area (Å²) in [5.41, 5.74) is -0.121. The summed E-state index contributed by atoms with van der Waals surface area (Å²) in [6.45, 7) is 0. The standard InChI is InChI=1S/C12H13F2NO3S/c1-15(11-2-3-19(17,18)7-11)12(16)8-4-9(13)6-10(14)5-8/h4-6,11H,2-3,7H2,1H3/t11-/m1/s1. The van der Waals surface area contributed by atoms with E-state index < -0.39 is 33.4 Å². The van der Waals surface area contributed by atoms with Crippen LogP contribution in [0.2, 0.25) is 0 Å². The van der Waals surface area contributed by atoms with Crippen molar-refractivity contribution in [3.63, 3.8) is 0 Å². The zero-order valence-corrected chi connectivity index (χ0v) is 11.1. The summed E-state index contributed by atoms with van der Waals surface area (Å²) >= 11 is 0. The molecule has 0 aromatic heterocycles. The van der Waals surface area contributed by atoms with Crippen molar-refractivity contribution in [2.75, 3.05) is 18.6 Å². The summed E-state index contributed by atoms with van der Waals surface area (Å²) in [5, 5.41) is 0. The van der Waals surface area contributed by atoms with Crippen LogP contribution in [-0.4, -0.2) is 43.8 Å². The van der Waals surface area contributed by atoms with Gasteiger partial charge in [0.15, 0.2) is 9.84 Å². The minimum absolute atomic E-state index is 0.0345. The van der Waals surface area contributed by atoms with Gasteiger partial charge in [-0.1, -0.05) is 0 Å². The summed E-state index contributed by atoms with van der Waals surface area (Å²) in [6.07, 6.45) is 0.350. The topological polar surface area (TPSA) is 54.5 Å². The zero-order valence-electron chi connectivity index (χ0n) is 10.3. The van der Waals surface area contributed by atoms with Gasteiger partial charge in [0.1, 0.15) is 11.6 Å². The quantitative estimate of drug-likeness (QED) is 0.822. The third-order valence-electron chi connectivity index (χ3n) is 3.19. The molecular weight excluding hydrogens is 276 g/mol. The van der Waals surface area contributed by atoms with Crippen molar-refractivity contribution in [2.24, 2.45) is 0 Å². The summed E-state index contributed by atoms with van der Waals surface area (Å²) in [4.78, 5) is 13.3. The largest absolute Gasteiger partial charge is 0.338 e. The van der Waals surface area contributed by atoms with E-state index in [9.17, 15) is 22.0 Å². The highest BCUT2D eigenvalue weighted by Crippen LogP contribution is 2.19. The Bertz CT molecular complexity index is 595. The number of carbonyl (C=O) groups excluding carboxylic acids is 1. The van der Waals surface area contributed by atoms with Gasteiger partial charge in [-0.2, -0.15) is 0 Å². The number of nitrogens with zero attached hydrogens (tertiary/aromatic N) is 1. The van der Waals surface area contributed by atoms with E-state index in [1.54, 1.807) is 0 Å². The van der Waals surface area contributed by atoms with Crippen molar-refractivity contribution < 1.29 is 22.0 Å². The van der Waals surface area contributed by atoms with Gasteiger partial charge in [0.05, 0.1) is 11.5 Å². The van der Waals surface area contributed by atoms with E-state index in [-0.39, 0.29) is 17.1 Å². The first kappa shape index (κ1) is 13.9. The smallest absolute Gasteiger partial charge is 0.254 e. The van der Waals surface area contributed by atoms with Crippen molar-refractivity contribution in [3.8, 4) is 0 Å². The van der Waals surface area contributed by atoms with Gasteiger partial charge < -0.3 is 4.90 Å². The number of carbonyl (C=O) groups is 1. The van der Waals surface area contributed by atoms with Crippen LogP contribution in [0.25, 0.3) is 0 Å². The molecule has 0 spiro atoms. The van der Waals surface area contributed by atoms with Crippen LogP contribution in [0.5, 0.6) is 0 Å². The normalized spacial score (nSPS) is 21.3. The third kappa shape index (κ3) is 3.09. The molecule has 0 radical (unpaired) electrons. The van der Waals surface area contributed by atoms with Crippen molar-refractivity contribution in [1.29, 1.82) is 0 Å². The predicted octanol–water partition coefficient (Wildman–Crippen LogP) is 1.22. The molecule has 0 unspecified atom stereocenters. The maximum atomic E-state index is 13.0. The summed E-state index contributed by atoms with van der Waals surface area (Å²) < 4.78 is 48.8. The van der Waals surface area contributed by atoms with E-state index in [1.807, 2.05) is 0 Å². The van der Waals surface area contributed by atoms with E-state index in [2.05, 4.69) is 0 Å². The lowest BCUT2D eigenvalue weighted by Gasteiger charge is -2.23. The second kappa shape index (κ2) is 4.88. The molecule has 0 saturated carbocycles. The number of rotatable bonds is 2. The van der Waals surface area contributed by atoms with Gasteiger partial charge in [-0.3, -0.25) is 4.79 Å². The molecule has 19 heavy (non-hydrogen) atoms. The first-order valence-corrected chi connectivity index (χ1v) is 7.54. The molecule has 1 aromatic rings. The van der Waals surface area contributed by atoms with Crippen molar-refractivity contribution in [1.82, 2.24) is 4.90 Å². The molecule has 4 nitrogen and oxygen atoms in total. The van der Waals surface area contributed by atoms with Crippen LogP contribution in [0.3, 0.4) is 0 Å². The van der Waals surface area contributed by atoms with Crippen LogP contribution >= 0.6 is 0 Å². The van der Waals surface area contributed by atoms with E-state index in [4.69, 9.17) is 0 Å². The molecule has 1 heterocycles. The number of halogens is 2. The molecule has 1 amide bonds. The van der Waals surface area contributed by atoms with Crippen LogP contribution in [0, 0.1) is 11.6 Å². The average molecular weight is 289 g/mol. The summed E-state index contributed by atoms with van der Waals surface area (Å²) in [7, 11) is -1.67. The monoisotopic (exact) mass is 289 g/mol. The third-order valence-corrected chi connectivity index (χ3v) is 4.94. The van der Waals surface area contributed by atoms with Gasteiger partial charge in [-0.15, -0.1) is 0 Å². The van der Waals surface area contributed by atoms with E-state index in [0.717, 1.165) is 12.1 Å². The molecule has 1 aromatic carbocycles. The van der Waals surface area contributed by atoms with Gasteiger partial charge in [0.25, 0.3) is 5.91 Å². The highest BCUT2D eigenvalue weighted by atomic mass is 32.2. The highest BCUT2D eigenvalue weighted by Gasteiger charge is 2.33. The fourth-order valence-electron chi connectivity index (χ4n) is 2.13. The zero-order chi connectivity index (χ0) is 14.2. The Morgan fingerprint density at radius 2 is 1.84 bits per heavy atom. The fraction of sp³-hybridized carbons (Fsp3) is 0.417. The van der Waals surface area contributed by atoms with E-state index >= 15 is 0 Å². The molecule has 1 fully saturated rings. The van der Waals surface area contributed by atoms with Crippen LogP contribution in [0.4, 0.5) is 8.78 Å². The Labute approximate surface area is 109 Å². The SMILES string of the molecule is CN(C(=O)c1cc(F)cc(F)c1)[C@@H]1CCS(=O)(=O)C1. The lowest BCUT2D eigenvalue weighted by atomic mass is 10.1. The Balaban J connectivity index is 2.20. The van der Waals surface area contributed by atoms with Gasteiger partial charge in [0.2, 0.25) is 0 Å². The van der Waals surface area contributed by atoms with Crippen LogP contribution in [0.15, 0.2) is 18.2 Å². The first-order valence-electron chi connectivity index (χ1n) is 5.72. The van der Waals surface area contributed by atoms with Gasteiger partial charge in [-0.25, -0.2) is 17.2 Å². The van der Waals surface area contributed by atoms with E-state index in [0.29, 0.717) is 12.5 Å². The number of benzene rings is 1. The Hall–Kier alpha value is -1.50. The molecule has 1 aliphatic heterocycles. The second-order valence-electron chi connectivity index (χ2n) is 4.63. The fourth-order valence-corrected chi connectivity index (χ4v) is 3.90. The van der Waals surface area contributed by atoms with Crippen molar-refractivity contribution in [2.45, 2.75) is 12.5 Å². The van der Waals surface area contributed by atoms with Gasteiger partial charge in [0, 0.05) is 24.7 Å². The predicted molar refractivity (Wildman–Crippen MR) is 65.5 cm³/mol. The molecular formula is C12H13F2NO3S. The molecule has 1 saturated heterocycles. The minimum Gasteiger partial charge on any atom is -0.338 e. The Morgan fingerprint density at radius 1 is 1.26 bits per heavy atom. The Kier molecular flexibility index (Phi) is 3.58. The molecule has 0 bridgehead atoms. The summed E-state index contributed by atoms with van der Waals surface area (Å²) in [5.74, 6) is -2.33. The van der Waals surface area contributed by atoms with Gasteiger partial charge in [-0.05, 0) is 18.6 Å². The minimum atomic E-state index is -3.11. The lowest BCUT2D eigenvalue weighted by molar-refractivity contribution is 0.0746. The second-order valence-corrected chi connectivity index (χ2v) is 6.86. The molecule has 0 aliphatic carbocycles. The Morgan fingerprint density at radius 3 is 2.32 bits per heavy atom. The molecule has 1 atom stereocenters. The summed E-state index contributed by atoms with van der Waals surface area (Å²) in [6, 6.07) is 2.11.